The zero-order valence-electron chi connectivity index (χ0n) is 9.56. The van der Waals surface area contributed by atoms with Crippen LogP contribution in [0.4, 0.5) is 0 Å². The summed E-state index contributed by atoms with van der Waals surface area (Å²) in [4.78, 5) is 18.3. The summed E-state index contributed by atoms with van der Waals surface area (Å²) in [5.74, 6) is 0.0318. The molecule has 0 spiro atoms. The number of carbonyl (C=O) groups is 1. The van der Waals surface area contributed by atoms with E-state index in [9.17, 15) is 4.79 Å². The number of amides is 1. The highest BCUT2D eigenvalue weighted by Gasteiger charge is 2.19. The van der Waals surface area contributed by atoms with Crippen molar-refractivity contribution < 1.29 is 9.53 Å². The van der Waals surface area contributed by atoms with E-state index >= 15 is 0 Å². The van der Waals surface area contributed by atoms with Crippen LogP contribution in [0.3, 0.4) is 0 Å². The Morgan fingerprint density at radius 3 is 2.94 bits per heavy atom. The quantitative estimate of drug-likeness (QED) is 0.807. The number of hydrogen-bond acceptors (Lipinski definition) is 4. The third-order valence-corrected chi connectivity index (χ3v) is 4.05. The molecule has 1 aliphatic rings. The molecule has 0 bridgehead atoms. The van der Waals surface area contributed by atoms with Gasteiger partial charge in [-0.05, 0) is 18.2 Å². The van der Waals surface area contributed by atoms with Crippen molar-refractivity contribution in [2.75, 3.05) is 26.3 Å². The predicted octanol–water partition coefficient (Wildman–Crippen LogP) is 2.42. The summed E-state index contributed by atoms with van der Waals surface area (Å²) < 4.78 is 6.74. The number of aromatic nitrogens is 1. The Morgan fingerprint density at radius 2 is 2.17 bits per heavy atom. The lowest BCUT2D eigenvalue weighted by molar-refractivity contribution is 0.0303. The van der Waals surface area contributed by atoms with Gasteiger partial charge in [0, 0.05) is 18.7 Å². The fourth-order valence-electron chi connectivity index (χ4n) is 1.98. The summed E-state index contributed by atoms with van der Waals surface area (Å²) in [6.07, 6.45) is 0. The van der Waals surface area contributed by atoms with E-state index in [1.54, 1.807) is 11.0 Å². The van der Waals surface area contributed by atoms with Crippen LogP contribution in [0.1, 0.15) is 10.4 Å². The molecule has 18 heavy (non-hydrogen) atoms. The van der Waals surface area contributed by atoms with E-state index in [1.807, 2.05) is 12.1 Å². The topological polar surface area (TPSA) is 42.4 Å². The van der Waals surface area contributed by atoms with Crippen LogP contribution in [-0.2, 0) is 4.74 Å². The van der Waals surface area contributed by atoms with Crippen LogP contribution in [0, 0.1) is 0 Å². The van der Waals surface area contributed by atoms with Gasteiger partial charge in [0.05, 0.1) is 23.4 Å². The van der Waals surface area contributed by atoms with E-state index < -0.39 is 0 Å². The second-order valence-corrected chi connectivity index (χ2v) is 5.67. The van der Waals surface area contributed by atoms with E-state index in [0.29, 0.717) is 36.3 Å². The molecule has 0 N–H and O–H groups in total. The van der Waals surface area contributed by atoms with Gasteiger partial charge in [0.25, 0.3) is 5.91 Å². The summed E-state index contributed by atoms with van der Waals surface area (Å²) in [7, 11) is 0. The molecule has 1 saturated heterocycles. The summed E-state index contributed by atoms with van der Waals surface area (Å²) in [6, 6.07) is 5.52. The molecule has 1 aromatic carbocycles. The number of ether oxygens (including phenoxy) is 1. The van der Waals surface area contributed by atoms with Gasteiger partial charge in [-0.1, -0.05) is 11.6 Å². The van der Waals surface area contributed by atoms with Gasteiger partial charge >= 0.3 is 0 Å². The molecule has 94 valence electrons. The second-order valence-electron chi connectivity index (χ2n) is 4.05. The average molecular weight is 283 g/mol. The average Bonchev–Trinajstić information content (AvgIpc) is 2.78. The predicted molar refractivity (Wildman–Crippen MR) is 71.4 cm³/mol. The lowest BCUT2D eigenvalue weighted by Crippen LogP contribution is -2.40. The van der Waals surface area contributed by atoms with Gasteiger partial charge in [-0.3, -0.25) is 4.79 Å². The molecule has 0 saturated carbocycles. The molecule has 4 nitrogen and oxygen atoms in total. The number of rotatable bonds is 1. The number of hydrogen-bond donors (Lipinski definition) is 0. The Kier molecular flexibility index (Phi) is 3.20. The van der Waals surface area contributed by atoms with Gasteiger partial charge < -0.3 is 9.64 Å². The molecule has 0 aliphatic carbocycles. The highest BCUT2D eigenvalue weighted by Crippen LogP contribution is 2.26. The molecule has 1 aromatic heterocycles. The lowest BCUT2D eigenvalue weighted by Gasteiger charge is -2.26. The Labute approximate surface area is 113 Å². The first kappa shape index (κ1) is 11.9. The normalized spacial score (nSPS) is 16.2. The third kappa shape index (κ3) is 2.21. The maximum Gasteiger partial charge on any atom is 0.254 e. The fourth-order valence-corrected chi connectivity index (χ4v) is 2.99. The van der Waals surface area contributed by atoms with E-state index in [4.69, 9.17) is 16.3 Å². The molecule has 6 heteroatoms. The molecular weight excluding hydrogens is 272 g/mol. The smallest absolute Gasteiger partial charge is 0.254 e. The van der Waals surface area contributed by atoms with Crippen LogP contribution in [0.25, 0.3) is 10.2 Å². The first-order chi connectivity index (χ1) is 8.74. The maximum absolute atomic E-state index is 12.3. The van der Waals surface area contributed by atoms with Crippen molar-refractivity contribution in [2.24, 2.45) is 0 Å². The van der Waals surface area contributed by atoms with Gasteiger partial charge in [0.1, 0.15) is 0 Å². The molecule has 1 amide bonds. The molecular formula is C12H11ClN2O2S. The minimum Gasteiger partial charge on any atom is -0.378 e. The van der Waals surface area contributed by atoms with Crippen LogP contribution in [0.5, 0.6) is 0 Å². The number of fused-ring (bicyclic) bond motifs is 1. The summed E-state index contributed by atoms with van der Waals surface area (Å²) in [6.45, 7) is 2.51. The highest BCUT2D eigenvalue weighted by atomic mass is 35.5. The second kappa shape index (κ2) is 4.84. The molecule has 1 fully saturated rings. The number of halogens is 1. The van der Waals surface area contributed by atoms with Crippen molar-refractivity contribution in [3.63, 3.8) is 0 Å². The summed E-state index contributed by atoms with van der Waals surface area (Å²) in [5.41, 5.74) is 1.44. The minimum atomic E-state index is 0.0318. The van der Waals surface area contributed by atoms with Crippen LogP contribution in [0.2, 0.25) is 4.47 Å². The molecule has 3 rings (SSSR count). The molecule has 0 atom stereocenters. The van der Waals surface area contributed by atoms with Gasteiger partial charge in [-0.15, -0.1) is 11.3 Å². The maximum atomic E-state index is 12.3. The van der Waals surface area contributed by atoms with Gasteiger partial charge in [-0.2, -0.15) is 0 Å². The monoisotopic (exact) mass is 282 g/mol. The Bertz CT molecular complexity index is 593. The zero-order chi connectivity index (χ0) is 12.5. The van der Waals surface area contributed by atoms with Crippen molar-refractivity contribution in [2.45, 2.75) is 0 Å². The number of morpholine rings is 1. The van der Waals surface area contributed by atoms with Gasteiger partial charge in [-0.25, -0.2) is 4.98 Å². The van der Waals surface area contributed by atoms with Crippen molar-refractivity contribution in [3.05, 3.63) is 28.2 Å². The van der Waals surface area contributed by atoms with E-state index in [-0.39, 0.29) is 5.91 Å². The molecule has 1 aliphatic heterocycles. The highest BCUT2D eigenvalue weighted by molar-refractivity contribution is 7.22. The number of carbonyl (C=O) groups excluding carboxylic acids is 1. The van der Waals surface area contributed by atoms with Crippen molar-refractivity contribution in [1.82, 2.24) is 9.88 Å². The third-order valence-electron chi connectivity index (χ3n) is 2.91. The Balaban J connectivity index is 1.90. The molecule has 2 heterocycles. The van der Waals surface area contributed by atoms with E-state index in [2.05, 4.69) is 4.98 Å². The number of thiazole rings is 1. The Hall–Kier alpha value is -1.17. The van der Waals surface area contributed by atoms with Crippen LogP contribution >= 0.6 is 22.9 Å². The van der Waals surface area contributed by atoms with E-state index in [1.165, 1.54) is 11.3 Å². The largest absolute Gasteiger partial charge is 0.378 e. The molecule has 0 radical (unpaired) electrons. The number of nitrogens with zero attached hydrogens (tertiary/aromatic N) is 2. The lowest BCUT2D eigenvalue weighted by atomic mass is 10.2. The van der Waals surface area contributed by atoms with Crippen molar-refractivity contribution >= 4 is 39.1 Å². The van der Waals surface area contributed by atoms with Crippen molar-refractivity contribution in [1.29, 1.82) is 0 Å². The number of benzene rings is 1. The van der Waals surface area contributed by atoms with Gasteiger partial charge in [0.2, 0.25) is 0 Å². The summed E-state index contributed by atoms with van der Waals surface area (Å²) >= 11 is 7.28. The van der Waals surface area contributed by atoms with E-state index in [0.717, 1.165) is 10.2 Å². The van der Waals surface area contributed by atoms with Crippen LogP contribution < -0.4 is 0 Å². The van der Waals surface area contributed by atoms with Crippen LogP contribution in [-0.4, -0.2) is 42.1 Å². The first-order valence-electron chi connectivity index (χ1n) is 5.67. The zero-order valence-corrected chi connectivity index (χ0v) is 11.1. The minimum absolute atomic E-state index is 0.0318. The van der Waals surface area contributed by atoms with Gasteiger partial charge in [0.15, 0.2) is 4.47 Å². The molecule has 2 aromatic rings. The fraction of sp³-hybridized carbons (Fsp3) is 0.333. The Morgan fingerprint density at radius 1 is 1.39 bits per heavy atom. The SMILES string of the molecule is O=C(c1ccc2sc(Cl)nc2c1)N1CCOCC1. The first-order valence-corrected chi connectivity index (χ1v) is 6.86. The standard InChI is InChI=1S/C12H11ClN2O2S/c13-12-14-9-7-8(1-2-10(9)18-12)11(16)15-3-5-17-6-4-15/h1-2,7H,3-6H2. The summed E-state index contributed by atoms with van der Waals surface area (Å²) in [5, 5.41) is 0. The van der Waals surface area contributed by atoms with Crippen LogP contribution in [0.15, 0.2) is 18.2 Å². The van der Waals surface area contributed by atoms with Crippen molar-refractivity contribution in [3.8, 4) is 0 Å². The molecule has 0 unspecified atom stereocenters.